The molecule has 0 radical (unpaired) electrons. The number of nitrogens with zero attached hydrogens (tertiary/aromatic N) is 3. The summed E-state index contributed by atoms with van der Waals surface area (Å²) in [7, 11) is 1.45. The first-order valence-corrected chi connectivity index (χ1v) is 12.0. The Bertz CT molecular complexity index is 1550. The maximum atomic E-state index is 13.5. The molecule has 0 saturated carbocycles. The highest BCUT2D eigenvalue weighted by atomic mass is 35.5. The predicted molar refractivity (Wildman–Crippen MR) is 140 cm³/mol. The largest absolute Gasteiger partial charge is 0.495 e. The van der Waals surface area contributed by atoms with E-state index in [-0.39, 0.29) is 30.3 Å². The van der Waals surface area contributed by atoms with E-state index < -0.39 is 17.6 Å². The number of ether oxygens (including phenoxy) is 1. The lowest BCUT2D eigenvalue weighted by atomic mass is 9.93. The van der Waals surface area contributed by atoms with E-state index in [1.165, 1.54) is 23.9 Å². The number of aromatic nitrogens is 1. The smallest absolute Gasteiger partial charge is 0.350 e. The molecule has 37 heavy (non-hydrogen) atoms. The standard InChI is InChI=1S/C28H24ClN3O5/c1-15(2)27(24(33)9-16-4-7-22-18(8-16)10-23(31-22)28(35)36)32-14-25(37-3)21(12-26(32)34)20-11-19(29)6-5-17(20)13-30/h4-8,11-12,14-15,27H,9-10H2,1-3H3,(H,35,36). The molecule has 0 amide bonds. The maximum Gasteiger partial charge on any atom is 0.350 e. The van der Waals surface area contributed by atoms with E-state index in [4.69, 9.17) is 16.3 Å². The van der Waals surface area contributed by atoms with Crippen LogP contribution in [-0.2, 0) is 22.4 Å². The van der Waals surface area contributed by atoms with E-state index in [0.29, 0.717) is 38.7 Å². The van der Waals surface area contributed by atoms with Crippen molar-refractivity contribution in [3.8, 4) is 22.9 Å². The van der Waals surface area contributed by atoms with Gasteiger partial charge in [-0.15, -0.1) is 0 Å². The normalized spacial score (nSPS) is 13.0. The van der Waals surface area contributed by atoms with Crippen LogP contribution >= 0.6 is 11.6 Å². The van der Waals surface area contributed by atoms with Crippen LogP contribution in [0.1, 0.15) is 36.6 Å². The molecule has 0 bridgehead atoms. The number of carbonyl (C=O) groups excluding carboxylic acids is 1. The molecule has 0 aliphatic carbocycles. The molecule has 1 aliphatic rings. The average molecular weight is 518 g/mol. The SMILES string of the molecule is COc1cn(C(C(=O)Cc2ccc3c(c2)CC(C(=O)O)=N3)C(C)C)c(=O)cc1-c1cc(Cl)ccc1C#N. The van der Waals surface area contributed by atoms with E-state index in [1.807, 2.05) is 13.8 Å². The number of hydrogen-bond donors (Lipinski definition) is 1. The number of carboxylic acid groups (broad SMARTS) is 1. The molecule has 188 valence electrons. The second-order valence-electron chi connectivity index (χ2n) is 9.14. The molecule has 1 unspecified atom stereocenters. The summed E-state index contributed by atoms with van der Waals surface area (Å²) in [6, 6.07) is 12.7. The van der Waals surface area contributed by atoms with Crippen molar-refractivity contribution in [3.63, 3.8) is 0 Å². The number of ketones is 1. The average Bonchev–Trinajstić information content (AvgIpc) is 3.28. The van der Waals surface area contributed by atoms with Gasteiger partial charge in [0, 0.05) is 35.1 Å². The monoisotopic (exact) mass is 517 g/mol. The number of rotatable bonds is 8. The van der Waals surface area contributed by atoms with Crippen molar-refractivity contribution in [2.45, 2.75) is 32.7 Å². The van der Waals surface area contributed by atoms with E-state index in [9.17, 15) is 24.8 Å². The van der Waals surface area contributed by atoms with Gasteiger partial charge in [0.1, 0.15) is 11.5 Å². The molecule has 2 heterocycles. The molecular weight excluding hydrogens is 494 g/mol. The first-order chi connectivity index (χ1) is 17.6. The lowest BCUT2D eigenvalue weighted by molar-refractivity contribution is -0.129. The van der Waals surface area contributed by atoms with Crippen LogP contribution in [0.15, 0.2) is 58.4 Å². The van der Waals surface area contributed by atoms with E-state index >= 15 is 0 Å². The molecule has 0 saturated heterocycles. The first kappa shape index (κ1) is 25.9. The number of carboxylic acids is 1. The molecule has 1 aliphatic heterocycles. The number of nitriles is 1. The zero-order valence-electron chi connectivity index (χ0n) is 20.5. The Morgan fingerprint density at radius 1 is 1.19 bits per heavy atom. The minimum absolute atomic E-state index is 0.0575. The molecule has 3 aromatic rings. The van der Waals surface area contributed by atoms with Gasteiger partial charge >= 0.3 is 5.97 Å². The number of halogens is 1. The van der Waals surface area contributed by atoms with Crippen molar-refractivity contribution in [2.24, 2.45) is 10.9 Å². The molecule has 8 nitrogen and oxygen atoms in total. The van der Waals surface area contributed by atoms with Crippen LogP contribution in [0.5, 0.6) is 5.75 Å². The summed E-state index contributed by atoms with van der Waals surface area (Å²) in [5.74, 6) is -1.12. The molecular formula is C28H24ClN3O5. The molecule has 1 N–H and O–H groups in total. The van der Waals surface area contributed by atoms with Crippen LogP contribution in [0.4, 0.5) is 5.69 Å². The topological polar surface area (TPSA) is 122 Å². The van der Waals surface area contributed by atoms with Gasteiger partial charge in [-0.25, -0.2) is 9.79 Å². The van der Waals surface area contributed by atoms with Crippen LogP contribution in [0.2, 0.25) is 5.02 Å². The molecule has 2 aromatic carbocycles. The van der Waals surface area contributed by atoms with Crippen molar-refractivity contribution in [1.82, 2.24) is 4.57 Å². The second-order valence-corrected chi connectivity index (χ2v) is 9.57. The Labute approximate surface area is 218 Å². The third-order valence-electron chi connectivity index (χ3n) is 6.30. The third-order valence-corrected chi connectivity index (χ3v) is 6.53. The molecule has 0 spiro atoms. The number of carbonyl (C=O) groups is 2. The Morgan fingerprint density at radius 3 is 2.59 bits per heavy atom. The van der Waals surface area contributed by atoms with Gasteiger partial charge in [0.2, 0.25) is 0 Å². The van der Waals surface area contributed by atoms with Crippen LogP contribution in [0.3, 0.4) is 0 Å². The summed E-state index contributed by atoms with van der Waals surface area (Å²) < 4.78 is 6.92. The summed E-state index contributed by atoms with van der Waals surface area (Å²) in [4.78, 5) is 42.1. The quantitative estimate of drug-likeness (QED) is 0.459. The minimum atomic E-state index is -1.06. The number of methoxy groups -OCH3 is 1. The van der Waals surface area contributed by atoms with Gasteiger partial charge in [-0.3, -0.25) is 9.59 Å². The van der Waals surface area contributed by atoms with Crippen LogP contribution in [0, 0.1) is 17.2 Å². The van der Waals surface area contributed by atoms with Crippen LogP contribution < -0.4 is 10.3 Å². The minimum Gasteiger partial charge on any atom is -0.495 e. The third kappa shape index (κ3) is 5.18. The summed E-state index contributed by atoms with van der Waals surface area (Å²) in [5, 5.41) is 19.2. The summed E-state index contributed by atoms with van der Waals surface area (Å²) in [6.45, 7) is 3.71. The van der Waals surface area contributed by atoms with Crippen molar-refractivity contribution in [3.05, 3.63) is 80.7 Å². The van der Waals surface area contributed by atoms with Crippen molar-refractivity contribution in [2.75, 3.05) is 7.11 Å². The lowest BCUT2D eigenvalue weighted by Crippen LogP contribution is -2.33. The molecule has 9 heteroatoms. The van der Waals surface area contributed by atoms with Crippen molar-refractivity contribution in [1.29, 1.82) is 5.26 Å². The lowest BCUT2D eigenvalue weighted by Gasteiger charge is -2.24. The number of aliphatic carboxylic acids is 1. The highest BCUT2D eigenvalue weighted by molar-refractivity contribution is 6.37. The fraction of sp³-hybridized carbons (Fsp3) is 0.250. The van der Waals surface area contributed by atoms with Crippen LogP contribution in [-0.4, -0.2) is 34.2 Å². The number of pyridine rings is 1. The van der Waals surface area contributed by atoms with Gasteiger partial charge in [-0.2, -0.15) is 5.26 Å². The Balaban J connectivity index is 1.68. The Kier molecular flexibility index (Phi) is 7.28. The summed E-state index contributed by atoms with van der Waals surface area (Å²) in [6.07, 6.45) is 1.76. The fourth-order valence-corrected chi connectivity index (χ4v) is 4.77. The first-order valence-electron chi connectivity index (χ1n) is 11.6. The number of benzene rings is 2. The van der Waals surface area contributed by atoms with Crippen LogP contribution in [0.25, 0.3) is 11.1 Å². The van der Waals surface area contributed by atoms with Gasteiger partial charge in [0.15, 0.2) is 5.78 Å². The number of fused-ring (bicyclic) bond motifs is 1. The Morgan fingerprint density at radius 2 is 1.95 bits per heavy atom. The molecule has 1 aromatic heterocycles. The number of Topliss-reactive ketones (excluding diaryl/α,β-unsaturated/α-hetero) is 1. The number of hydrogen-bond acceptors (Lipinski definition) is 6. The zero-order valence-corrected chi connectivity index (χ0v) is 21.2. The van der Waals surface area contributed by atoms with Crippen molar-refractivity contribution < 1.29 is 19.4 Å². The molecule has 1 atom stereocenters. The highest BCUT2D eigenvalue weighted by Crippen LogP contribution is 2.34. The number of aliphatic imine (C=N–C) groups is 1. The van der Waals surface area contributed by atoms with Gasteiger partial charge < -0.3 is 14.4 Å². The van der Waals surface area contributed by atoms with Crippen molar-refractivity contribution >= 4 is 34.8 Å². The predicted octanol–water partition coefficient (Wildman–Crippen LogP) is 4.77. The molecule has 0 fully saturated rings. The van der Waals surface area contributed by atoms with Gasteiger partial charge in [0.25, 0.3) is 5.56 Å². The van der Waals surface area contributed by atoms with E-state index in [0.717, 1.165) is 5.56 Å². The highest BCUT2D eigenvalue weighted by Gasteiger charge is 2.27. The second kappa shape index (κ2) is 10.4. The fourth-order valence-electron chi connectivity index (χ4n) is 4.60. The zero-order chi connectivity index (χ0) is 26.9. The summed E-state index contributed by atoms with van der Waals surface area (Å²) >= 11 is 6.15. The van der Waals surface area contributed by atoms with Gasteiger partial charge in [-0.1, -0.05) is 37.6 Å². The summed E-state index contributed by atoms with van der Waals surface area (Å²) in [5.41, 5.74) is 2.91. The van der Waals surface area contributed by atoms with E-state index in [1.54, 1.807) is 36.4 Å². The van der Waals surface area contributed by atoms with Gasteiger partial charge in [-0.05, 0) is 41.3 Å². The van der Waals surface area contributed by atoms with E-state index in [2.05, 4.69) is 11.1 Å². The maximum absolute atomic E-state index is 13.5. The van der Waals surface area contributed by atoms with Gasteiger partial charge in [0.05, 0.1) is 36.7 Å². The Hall–Kier alpha value is -4.22. The molecule has 4 rings (SSSR count).